The number of hydrogen-bond acceptors (Lipinski definition) is 3. The van der Waals surface area contributed by atoms with Gasteiger partial charge in [-0.15, -0.1) is 11.8 Å². The predicted octanol–water partition coefficient (Wildman–Crippen LogP) is 7.46. The van der Waals surface area contributed by atoms with Crippen molar-refractivity contribution in [2.45, 2.75) is 108 Å². The van der Waals surface area contributed by atoms with Gasteiger partial charge in [0.2, 0.25) is 0 Å². The van der Waals surface area contributed by atoms with E-state index in [0.717, 1.165) is 6.54 Å². The molecule has 1 saturated heterocycles. The average Bonchev–Trinajstić information content (AvgIpc) is 3.23. The molecule has 0 bridgehead atoms. The van der Waals surface area contributed by atoms with Gasteiger partial charge in [-0.2, -0.15) is 0 Å². The van der Waals surface area contributed by atoms with Crippen LogP contribution in [0.5, 0.6) is 0 Å². The SMILES string of the molecule is CCCCCCCCCCCCCCCCNC[C@@H]1CSC(c2ccccc2)N1. The highest BCUT2D eigenvalue weighted by atomic mass is 32.2. The first-order chi connectivity index (χ1) is 14.4. The summed E-state index contributed by atoms with van der Waals surface area (Å²) in [4.78, 5) is 0. The second-order valence-corrected chi connectivity index (χ2v) is 9.93. The number of unbranched alkanes of at least 4 members (excludes halogenated alkanes) is 13. The molecule has 1 unspecified atom stereocenters. The fraction of sp³-hybridized carbons (Fsp3) is 0.769. The Morgan fingerprint density at radius 3 is 1.93 bits per heavy atom. The van der Waals surface area contributed by atoms with Gasteiger partial charge in [0.25, 0.3) is 0 Å². The lowest BCUT2D eigenvalue weighted by Gasteiger charge is -2.14. The molecule has 0 aromatic heterocycles. The van der Waals surface area contributed by atoms with Gasteiger partial charge in [-0.05, 0) is 18.5 Å². The van der Waals surface area contributed by atoms with E-state index in [9.17, 15) is 0 Å². The molecule has 1 aliphatic heterocycles. The van der Waals surface area contributed by atoms with Crippen molar-refractivity contribution >= 4 is 11.8 Å². The number of hydrogen-bond donors (Lipinski definition) is 2. The molecular formula is C26H46N2S. The van der Waals surface area contributed by atoms with Crippen LogP contribution >= 0.6 is 11.8 Å². The third-order valence-electron chi connectivity index (χ3n) is 6.05. The highest BCUT2D eigenvalue weighted by Gasteiger charge is 2.24. The van der Waals surface area contributed by atoms with Gasteiger partial charge in [-0.3, -0.25) is 5.32 Å². The summed E-state index contributed by atoms with van der Waals surface area (Å²) in [6.07, 6.45) is 20.1. The van der Waals surface area contributed by atoms with Gasteiger partial charge in [0.15, 0.2) is 0 Å². The minimum atomic E-state index is 0.476. The molecule has 1 aromatic carbocycles. The number of nitrogens with one attached hydrogen (secondary N) is 2. The average molecular weight is 419 g/mol. The molecule has 1 aromatic rings. The number of thioether (sulfide) groups is 1. The van der Waals surface area contributed by atoms with Crippen LogP contribution in [0.4, 0.5) is 0 Å². The van der Waals surface area contributed by atoms with Gasteiger partial charge >= 0.3 is 0 Å². The molecule has 0 radical (unpaired) electrons. The third-order valence-corrected chi connectivity index (χ3v) is 7.39. The summed E-state index contributed by atoms with van der Waals surface area (Å²) in [7, 11) is 0. The Kier molecular flexibility index (Phi) is 14.7. The van der Waals surface area contributed by atoms with Crippen LogP contribution in [0.3, 0.4) is 0 Å². The van der Waals surface area contributed by atoms with E-state index in [0.29, 0.717) is 11.4 Å². The lowest BCUT2D eigenvalue weighted by atomic mass is 10.0. The van der Waals surface area contributed by atoms with Crippen LogP contribution < -0.4 is 10.6 Å². The fourth-order valence-corrected chi connectivity index (χ4v) is 5.46. The highest BCUT2D eigenvalue weighted by Crippen LogP contribution is 2.32. The Bertz CT molecular complexity index is 479. The molecule has 0 amide bonds. The van der Waals surface area contributed by atoms with Crippen molar-refractivity contribution < 1.29 is 0 Å². The molecule has 2 nitrogen and oxygen atoms in total. The van der Waals surface area contributed by atoms with Gasteiger partial charge in [0.05, 0.1) is 5.37 Å². The zero-order valence-electron chi connectivity index (χ0n) is 19.0. The Labute approximate surface area is 185 Å². The van der Waals surface area contributed by atoms with E-state index in [2.05, 4.69) is 47.9 Å². The van der Waals surface area contributed by atoms with Gasteiger partial charge < -0.3 is 5.32 Å². The fourth-order valence-electron chi connectivity index (χ4n) is 4.18. The zero-order valence-corrected chi connectivity index (χ0v) is 19.8. The van der Waals surface area contributed by atoms with Crippen LogP contribution in [-0.4, -0.2) is 24.9 Å². The van der Waals surface area contributed by atoms with Crippen LogP contribution in [0.2, 0.25) is 0 Å². The molecule has 166 valence electrons. The van der Waals surface area contributed by atoms with E-state index >= 15 is 0 Å². The van der Waals surface area contributed by atoms with Crippen molar-refractivity contribution in [2.24, 2.45) is 0 Å². The van der Waals surface area contributed by atoms with Gasteiger partial charge in [-0.1, -0.05) is 121 Å². The van der Waals surface area contributed by atoms with Crippen molar-refractivity contribution in [2.75, 3.05) is 18.8 Å². The summed E-state index contributed by atoms with van der Waals surface area (Å²) in [5.41, 5.74) is 1.41. The second kappa shape index (κ2) is 17.2. The van der Waals surface area contributed by atoms with E-state index in [1.807, 2.05) is 11.8 Å². The summed E-state index contributed by atoms with van der Waals surface area (Å²) in [5, 5.41) is 7.90. The number of benzene rings is 1. The predicted molar refractivity (Wildman–Crippen MR) is 132 cm³/mol. The van der Waals surface area contributed by atoms with E-state index < -0.39 is 0 Å². The Morgan fingerprint density at radius 2 is 1.34 bits per heavy atom. The van der Waals surface area contributed by atoms with Crippen molar-refractivity contribution in [1.29, 1.82) is 0 Å². The quantitative estimate of drug-likeness (QED) is 0.242. The molecule has 0 aliphatic carbocycles. The molecule has 2 rings (SSSR count). The first-order valence-corrected chi connectivity index (χ1v) is 13.6. The van der Waals surface area contributed by atoms with E-state index in [4.69, 9.17) is 0 Å². The highest BCUT2D eigenvalue weighted by molar-refractivity contribution is 7.99. The summed E-state index contributed by atoms with van der Waals surface area (Å²) in [6.45, 7) is 4.58. The van der Waals surface area contributed by atoms with Crippen molar-refractivity contribution in [1.82, 2.24) is 10.6 Å². The maximum Gasteiger partial charge on any atom is 0.0792 e. The lowest BCUT2D eigenvalue weighted by Crippen LogP contribution is -2.36. The van der Waals surface area contributed by atoms with Crippen LogP contribution in [0, 0.1) is 0 Å². The monoisotopic (exact) mass is 418 g/mol. The summed E-state index contributed by atoms with van der Waals surface area (Å²) in [6, 6.07) is 11.4. The van der Waals surface area contributed by atoms with Crippen molar-refractivity contribution in [3.05, 3.63) is 35.9 Å². The Balaban J connectivity index is 1.30. The van der Waals surface area contributed by atoms with Gasteiger partial charge in [0.1, 0.15) is 0 Å². The Morgan fingerprint density at radius 1 is 0.793 bits per heavy atom. The van der Waals surface area contributed by atoms with E-state index in [-0.39, 0.29) is 0 Å². The molecule has 0 spiro atoms. The lowest BCUT2D eigenvalue weighted by molar-refractivity contribution is 0.501. The molecule has 29 heavy (non-hydrogen) atoms. The molecule has 1 heterocycles. The standard InChI is InChI=1S/C26H46N2S/c1-2-3-4-5-6-7-8-9-10-11-12-13-14-18-21-27-22-25-23-29-26(28-25)24-19-16-15-17-20-24/h15-17,19-20,25-28H,2-14,18,21-23H2,1H3/t25-,26?/m1/s1. The van der Waals surface area contributed by atoms with Crippen LogP contribution in [0.1, 0.15) is 108 Å². The largest absolute Gasteiger partial charge is 0.315 e. The molecule has 1 fully saturated rings. The minimum Gasteiger partial charge on any atom is -0.315 e. The molecule has 3 heteroatoms. The van der Waals surface area contributed by atoms with E-state index in [1.54, 1.807) is 0 Å². The number of rotatable bonds is 18. The van der Waals surface area contributed by atoms with Crippen LogP contribution in [0.15, 0.2) is 30.3 Å². The van der Waals surface area contributed by atoms with Gasteiger partial charge in [-0.25, -0.2) is 0 Å². The first kappa shape index (κ1) is 24.8. The normalized spacial score (nSPS) is 19.1. The smallest absolute Gasteiger partial charge is 0.0792 e. The summed E-state index contributed by atoms with van der Waals surface area (Å²) >= 11 is 2.04. The maximum absolute atomic E-state index is 3.76. The topological polar surface area (TPSA) is 24.1 Å². The molecule has 2 atom stereocenters. The summed E-state index contributed by atoms with van der Waals surface area (Å²) in [5.74, 6) is 1.21. The van der Waals surface area contributed by atoms with Crippen molar-refractivity contribution in [3.63, 3.8) is 0 Å². The van der Waals surface area contributed by atoms with E-state index in [1.165, 1.54) is 108 Å². The van der Waals surface area contributed by atoms with Crippen LogP contribution in [0.25, 0.3) is 0 Å². The molecule has 0 saturated carbocycles. The van der Waals surface area contributed by atoms with Crippen molar-refractivity contribution in [3.8, 4) is 0 Å². The summed E-state index contributed by atoms with van der Waals surface area (Å²) < 4.78 is 0. The zero-order chi connectivity index (χ0) is 20.4. The molecular weight excluding hydrogens is 372 g/mol. The minimum absolute atomic E-state index is 0.476. The first-order valence-electron chi connectivity index (χ1n) is 12.5. The molecule has 2 N–H and O–H groups in total. The Hall–Kier alpha value is -0.510. The third kappa shape index (κ3) is 12.1. The maximum atomic E-state index is 3.76. The molecule has 1 aliphatic rings. The second-order valence-electron chi connectivity index (χ2n) is 8.79. The van der Waals surface area contributed by atoms with Crippen LogP contribution in [-0.2, 0) is 0 Å². The van der Waals surface area contributed by atoms with Gasteiger partial charge in [0, 0.05) is 18.3 Å².